The third-order valence-electron chi connectivity index (χ3n) is 5.26. The van der Waals surface area contributed by atoms with E-state index >= 15 is 0 Å². The highest BCUT2D eigenvalue weighted by Crippen LogP contribution is 2.30. The number of benzene rings is 1. The topological polar surface area (TPSA) is 49.0 Å². The zero-order valence-electron chi connectivity index (χ0n) is 14.5. The van der Waals surface area contributed by atoms with Crippen LogP contribution in [0.15, 0.2) is 54.7 Å². The number of hydrogen-bond donors (Lipinski definition) is 1. The molecule has 0 saturated carbocycles. The van der Waals surface area contributed by atoms with Crippen molar-refractivity contribution in [1.29, 1.82) is 0 Å². The number of nitrogens with zero attached hydrogens (tertiary/aromatic N) is 2. The van der Waals surface area contributed by atoms with Gasteiger partial charge in [-0.2, -0.15) is 0 Å². The Hall–Kier alpha value is -2.62. The van der Waals surface area contributed by atoms with Gasteiger partial charge in [-0.05, 0) is 43.5 Å². The first-order chi connectivity index (χ1) is 12.2. The molecule has 25 heavy (non-hydrogen) atoms. The molecular formula is C21H23N3O. The van der Waals surface area contributed by atoms with Gasteiger partial charge in [0.1, 0.15) is 5.65 Å². The van der Waals surface area contributed by atoms with Crippen molar-refractivity contribution < 1.29 is 4.79 Å². The Morgan fingerprint density at radius 3 is 2.88 bits per heavy atom. The van der Waals surface area contributed by atoms with Crippen LogP contribution < -0.4 is 0 Å². The van der Waals surface area contributed by atoms with Gasteiger partial charge in [0.05, 0.1) is 5.92 Å². The third kappa shape index (κ3) is 3.16. The molecule has 1 fully saturated rings. The lowest BCUT2D eigenvalue weighted by Crippen LogP contribution is -2.41. The largest absolute Gasteiger partial charge is 0.343 e. The monoisotopic (exact) mass is 333 g/mol. The van der Waals surface area contributed by atoms with E-state index in [1.54, 1.807) is 6.20 Å². The van der Waals surface area contributed by atoms with Crippen molar-refractivity contribution in [1.82, 2.24) is 14.9 Å². The van der Waals surface area contributed by atoms with Crippen LogP contribution >= 0.6 is 0 Å². The lowest BCUT2D eigenvalue weighted by molar-refractivity contribution is -0.133. The molecule has 0 spiro atoms. The van der Waals surface area contributed by atoms with E-state index < -0.39 is 0 Å². The number of hydrogen-bond acceptors (Lipinski definition) is 2. The molecule has 1 amide bonds. The number of piperidine rings is 1. The van der Waals surface area contributed by atoms with Gasteiger partial charge < -0.3 is 9.88 Å². The number of pyridine rings is 1. The van der Waals surface area contributed by atoms with Crippen molar-refractivity contribution in [3.05, 3.63) is 66.0 Å². The van der Waals surface area contributed by atoms with Crippen molar-refractivity contribution in [3.63, 3.8) is 0 Å². The smallest absolute Gasteiger partial charge is 0.229 e. The zero-order valence-corrected chi connectivity index (χ0v) is 14.5. The van der Waals surface area contributed by atoms with Gasteiger partial charge in [0.25, 0.3) is 0 Å². The van der Waals surface area contributed by atoms with Gasteiger partial charge >= 0.3 is 0 Å². The maximum Gasteiger partial charge on any atom is 0.229 e. The number of amides is 1. The average molecular weight is 333 g/mol. The molecular weight excluding hydrogens is 310 g/mol. The first-order valence-electron chi connectivity index (χ1n) is 9.00. The van der Waals surface area contributed by atoms with Gasteiger partial charge in [-0.25, -0.2) is 4.98 Å². The molecule has 128 valence electrons. The van der Waals surface area contributed by atoms with Gasteiger partial charge in [-0.1, -0.05) is 30.3 Å². The summed E-state index contributed by atoms with van der Waals surface area (Å²) >= 11 is 0. The number of aromatic amines is 1. The third-order valence-corrected chi connectivity index (χ3v) is 5.26. The number of H-pyrrole nitrogens is 1. The summed E-state index contributed by atoms with van der Waals surface area (Å²) in [4.78, 5) is 22.8. The van der Waals surface area contributed by atoms with Crippen molar-refractivity contribution in [2.75, 3.05) is 13.1 Å². The van der Waals surface area contributed by atoms with Crippen molar-refractivity contribution in [3.8, 4) is 0 Å². The number of nitrogens with one attached hydrogen (secondary N) is 1. The van der Waals surface area contributed by atoms with E-state index in [0.29, 0.717) is 5.92 Å². The Bertz CT molecular complexity index is 838. The summed E-state index contributed by atoms with van der Waals surface area (Å²) in [5, 5.41) is 1.14. The number of rotatable bonds is 3. The average Bonchev–Trinajstić information content (AvgIpc) is 3.12. The second kappa shape index (κ2) is 6.71. The van der Waals surface area contributed by atoms with E-state index in [-0.39, 0.29) is 11.8 Å². The standard InChI is InChI=1S/C21H23N3O/c1-15(16-7-3-2-4-8-16)21(25)24-12-6-10-18(14-24)19-13-17-9-5-11-22-20(17)23-19/h2-5,7-9,11,13,15,18H,6,10,12,14H2,1H3,(H,22,23)/t15-,18-/m0/s1. The van der Waals surface area contributed by atoms with Crippen LogP contribution in [0, 0.1) is 0 Å². The summed E-state index contributed by atoms with van der Waals surface area (Å²) in [6, 6.07) is 16.3. The van der Waals surface area contributed by atoms with Crippen LogP contribution in [-0.2, 0) is 4.79 Å². The normalized spacial score (nSPS) is 19.1. The quantitative estimate of drug-likeness (QED) is 0.785. The molecule has 0 radical (unpaired) electrons. The Kier molecular flexibility index (Phi) is 4.26. The second-order valence-corrected chi connectivity index (χ2v) is 6.92. The van der Waals surface area contributed by atoms with Crippen LogP contribution in [0.5, 0.6) is 0 Å². The highest BCUT2D eigenvalue weighted by atomic mass is 16.2. The lowest BCUT2D eigenvalue weighted by atomic mass is 9.92. The SMILES string of the molecule is C[C@H](C(=O)N1CCC[C@H](c2cc3cccnc3[nH]2)C1)c1ccccc1. The summed E-state index contributed by atoms with van der Waals surface area (Å²) in [5.41, 5.74) is 3.21. The Morgan fingerprint density at radius 1 is 1.24 bits per heavy atom. The first kappa shape index (κ1) is 15.9. The number of carbonyl (C=O) groups excluding carboxylic acids is 1. The predicted molar refractivity (Wildman–Crippen MR) is 99.5 cm³/mol. The van der Waals surface area contributed by atoms with Crippen LogP contribution in [0.3, 0.4) is 0 Å². The molecule has 4 heteroatoms. The fraction of sp³-hybridized carbons (Fsp3) is 0.333. The number of aromatic nitrogens is 2. The number of fused-ring (bicyclic) bond motifs is 1. The molecule has 3 aromatic rings. The van der Waals surface area contributed by atoms with Gasteiger partial charge in [0, 0.05) is 36.3 Å². The molecule has 4 rings (SSSR count). The highest BCUT2D eigenvalue weighted by Gasteiger charge is 2.28. The van der Waals surface area contributed by atoms with Crippen molar-refractivity contribution in [2.24, 2.45) is 0 Å². The minimum Gasteiger partial charge on any atom is -0.343 e. The van der Waals surface area contributed by atoms with E-state index in [0.717, 1.165) is 42.5 Å². The van der Waals surface area contributed by atoms with Gasteiger partial charge in [-0.3, -0.25) is 4.79 Å². The summed E-state index contributed by atoms with van der Waals surface area (Å²) in [7, 11) is 0. The van der Waals surface area contributed by atoms with E-state index in [4.69, 9.17) is 0 Å². The van der Waals surface area contributed by atoms with Crippen LogP contribution in [0.2, 0.25) is 0 Å². The minimum atomic E-state index is -0.0932. The maximum atomic E-state index is 13.0. The van der Waals surface area contributed by atoms with Gasteiger partial charge in [0.15, 0.2) is 0 Å². The summed E-state index contributed by atoms with van der Waals surface area (Å²) < 4.78 is 0. The van der Waals surface area contributed by atoms with Crippen LogP contribution in [0.25, 0.3) is 11.0 Å². The van der Waals surface area contributed by atoms with Crippen LogP contribution in [0.4, 0.5) is 0 Å². The molecule has 0 aliphatic carbocycles. The lowest BCUT2D eigenvalue weighted by Gasteiger charge is -2.34. The molecule has 2 aromatic heterocycles. The molecule has 4 nitrogen and oxygen atoms in total. The summed E-state index contributed by atoms with van der Waals surface area (Å²) in [5.74, 6) is 0.490. The molecule has 1 saturated heterocycles. The van der Waals surface area contributed by atoms with Gasteiger partial charge in [0.2, 0.25) is 5.91 Å². The maximum absolute atomic E-state index is 13.0. The van der Waals surface area contributed by atoms with Crippen LogP contribution in [-0.4, -0.2) is 33.9 Å². The van der Waals surface area contributed by atoms with Crippen LogP contribution in [0.1, 0.15) is 42.9 Å². The Morgan fingerprint density at radius 2 is 2.08 bits per heavy atom. The molecule has 1 N–H and O–H groups in total. The number of carbonyl (C=O) groups is 1. The van der Waals surface area contributed by atoms with Gasteiger partial charge in [-0.15, -0.1) is 0 Å². The summed E-state index contributed by atoms with van der Waals surface area (Å²) in [6.07, 6.45) is 3.96. The first-order valence-corrected chi connectivity index (χ1v) is 9.00. The fourth-order valence-electron chi connectivity index (χ4n) is 3.79. The van der Waals surface area contributed by atoms with Crippen molar-refractivity contribution >= 4 is 16.9 Å². The minimum absolute atomic E-state index is 0.0932. The van der Waals surface area contributed by atoms with E-state index in [2.05, 4.69) is 22.1 Å². The Balaban J connectivity index is 1.51. The Labute approximate surface area is 147 Å². The zero-order chi connectivity index (χ0) is 17.2. The highest BCUT2D eigenvalue weighted by molar-refractivity contribution is 5.83. The van der Waals surface area contributed by atoms with E-state index in [1.165, 1.54) is 5.69 Å². The number of likely N-dealkylation sites (tertiary alicyclic amines) is 1. The molecule has 3 heterocycles. The van der Waals surface area contributed by atoms with E-state index in [9.17, 15) is 4.79 Å². The summed E-state index contributed by atoms with van der Waals surface area (Å²) in [6.45, 7) is 3.64. The fourth-order valence-corrected chi connectivity index (χ4v) is 3.79. The molecule has 0 bridgehead atoms. The molecule has 1 aromatic carbocycles. The van der Waals surface area contributed by atoms with E-state index in [1.807, 2.05) is 48.2 Å². The second-order valence-electron chi connectivity index (χ2n) is 6.92. The van der Waals surface area contributed by atoms with Crippen molar-refractivity contribution in [2.45, 2.75) is 31.6 Å². The predicted octanol–water partition coefficient (Wildman–Crippen LogP) is 4.07. The molecule has 1 aliphatic rings. The molecule has 1 aliphatic heterocycles. The molecule has 0 unspecified atom stereocenters. The molecule has 2 atom stereocenters.